The normalized spacial score (nSPS) is 30.4. The molecule has 2 aliphatic rings. The van der Waals surface area contributed by atoms with E-state index in [0.717, 1.165) is 32.5 Å². The Balaban J connectivity index is 1.71. The van der Waals surface area contributed by atoms with Crippen molar-refractivity contribution >= 4 is 5.91 Å². The minimum absolute atomic E-state index is 0.164. The van der Waals surface area contributed by atoms with E-state index >= 15 is 0 Å². The highest BCUT2D eigenvalue weighted by Gasteiger charge is 2.34. The van der Waals surface area contributed by atoms with Crippen molar-refractivity contribution in [3.63, 3.8) is 0 Å². The summed E-state index contributed by atoms with van der Waals surface area (Å²) in [6.07, 6.45) is 1.65. The first-order chi connectivity index (χ1) is 9.75. The van der Waals surface area contributed by atoms with Gasteiger partial charge in [0.1, 0.15) is 6.10 Å². The van der Waals surface area contributed by atoms with Gasteiger partial charge in [0.15, 0.2) is 0 Å². The maximum atomic E-state index is 12.6. The minimum atomic E-state index is -0.216. The number of amides is 1. The fourth-order valence-electron chi connectivity index (χ4n) is 3.04. The predicted octanol–water partition coefficient (Wildman–Crippen LogP) is 1.73. The van der Waals surface area contributed by atoms with E-state index in [1.165, 1.54) is 5.56 Å². The molecule has 1 aromatic carbocycles. The second-order valence-electron chi connectivity index (χ2n) is 5.71. The van der Waals surface area contributed by atoms with Crippen molar-refractivity contribution in [3.8, 4) is 0 Å². The van der Waals surface area contributed by atoms with Crippen molar-refractivity contribution in [1.82, 2.24) is 10.2 Å². The van der Waals surface area contributed by atoms with Crippen LogP contribution in [0.1, 0.15) is 31.4 Å². The Hall–Kier alpha value is -1.39. The Kier molecular flexibility index (Phi) is 4.03. The van der Waals surface area contributed by atoms with Crippen LogP contribution < -0.4 is 5.32 Å². The van der Waals surface area contributed by atoms with Crippen LogP contribution in [0.2, 0.25) is 0 Å². The van der Waals surface area contributed by atoms with Gasteiger partial charge in [-0.3, -0.25) is 4.79 Å². The number of rotatable bonds is 2. The van der Waals surface area contributed by atoms with Crippen LogP contribution in [0, 0.1) is 0 Å². The van der Waals surface area contributed by atoms with E-state index in [1.807, 2.05) is 23.1 Å². The quantitative estimate of drug-likeness (QED) is 0.893. The van der Waals surface area contributed by atoms with E-state index < -0.39 is 0 Å². The lowest BCUT2D eigenvalue weighted by atomic mass is 10.0. The summed E-state index contributed by atoms with van der Waals surface area (Å²) in [5, 5.41) is 3.53. The molecular weight excluding hydrogens is 252 g/mol. The maximum Gasteiger partial charge on any atom is 0.252 e. The van der Waals surface area contributed by atoms with Crippen molar-refractivity contribution in [2.24, 2.45) is 0 Å². The molecule has 0 bridgehead atoms. The molecule has 2 fully saturated rings. The molecule has 0 saturated carbocycles. The monoisotopic (exact) mass is 274 g/mol. The molecule has 3 unspecified atom stereocenters. The summed E-state index contributed by atoms with van der Waals surface area (Å²) in [5.41, 5.74) is 1.24. The summed E-state index contributed by atoms with van der Waals surface area (Å²) in [4.78, 5) is 14.6. The zero-order valence-electron chi connectivity index (χ0n) is 11.9. The summed E-state index contributed by atoms with van der Waals surface area (Å²) in [7, 11) is 0. The number of hydrogen-bond acceptors (Lipinski definition) is 3. The minimum Gasteiger partial charge on any atom is -0.368 e. The van der Waals surface area contributed by atoms with Gasteiger partial charge in [0.2, 0.25) is 0 Å². The molecule has 2 heterocycles. The lowest BCUT2D eigenvalue weighted by Crippen LogP contribution is -2.55. The molecule has 0 spiro atoms. The van der Waals surface area contributed by atoms with Gasteiger partial charge >= 0.3 is 0 Å². The summed E-state index contributed by atoms with van der Waals surface area (Å²) in [6, 6.07) is 10.8. The van der Waals surface area contributed by atoms with Crippen molar-refractivity contribution in [1.29, 1.82) is 0 Å². The zero-order chi connectivity index (χ0) is 13.9. The zero-order valence-corrected chi connectivity index (χ0v) is 11.9. The summed E-state index contributed by atoms with van der Waals surface area (Å²) < 4.78 is 5.55. The molecule has 2 aliphatic heterocycles. The molecular formula is C16H22N2O2. The molecule has 1 N–H and O–H groups in total. The Morgan fingerprint density at radius 1 is 1.35 bits per heavy atom. The predicted molar refractivity (Wildman–Crippen MR) is 77.3 cm³/mol. The molecule has 1 aromatic rings. The van der Waals surface area contributed by atoms with E-state index in [0.29, 0.717) is 0 Å². The Labute approximate surface area is 120 Å². The molecule has 0 aliphatic carbocycles. The van der Waals surface area contributed by atoms with Crippen LogP contribution >= 0.6 is 0 Å². The van der Waals surface area contributed by atoms with Crippen molar-refractivity contribution < 1.29 is 9.53 Å². The van der Waals surface area contributed by atoms with Crippen LogP contribution in [0.3, 0.4) is 0 Å². The van der Waals surface area contributed by atoms with E-state index in [1.54, 1.807) is 0 Å². The molecule has 3 rings (SSSR count). The smallest absolute Gasteiger partial charge is 0.252 e. The average molecular weight is 274 g/mol. The van der Waals surface area contributed by atoms with Crippen molar-refractivity contribution in [2.75, 3.05) is 19.7 Å². The molecule has 1 amide bonds. The molecule has 108 valence electrons. The number of hydrogen-bond donors (Lipinski definition) is 1. The molecule has 2 saturated heterocycles. The molecule has 20 heavy (non-hydrogen) atoms. The fourth-order valence-corrected chi connectivity index (χ4v) is 3.04. The third-order valence-electron chi connectivity index (χ3n) is 4.26. The van der Waals surface area contributed by atoms with Gasteiger partial charge in [0.05, 0.1) is 0 Å². The number of piperazine rings is 1. The second-order valence-corrected chi connectivity index (χ2v) is 5.71. The van der Waals surface area contributed by atoms with Crippen LogP contribution in [0.15, 0.2) is 30.3 Å². The molecule has 3 atom stereocenters. The van der Waals surface area contributed by atoms with Gasteiger partial charge in [-0.25, -0.2) is 0 Å². The number of carbonyl (C=O) groups is 1. The number of nitrogens with one attached hydrogen (secondary N) is 1. The van der Waals surface area contributed by atoms with Gasteiger partial charge in [-0.1, -0.05) is 30.3 Å². The molecule has 4 nitrogen and oxygen atoms in total. The lowest BCUT2D eigenvalue weighted by molar-refractivity contribution is -0.144. The van der Waals surface area contributed by atoms with Crippen LogP contribution in [0.4, 0.5) is 0 Å². The first-order valence-electron chi connectivity index (χ1n) is 7.46. The molecule has 4 heteroatoms. The lowest BCUT2D eigenvalue weighted by Gasteiger charge is -2.40. The van der Waals surface area contributed by atoms with Gasteiger partial charge < -0.3 is 15.0 Å². The highest BCUT2D eigenvalue weighted by Crippen LogP contribution is 2.23. The molecule has 0 radical (unpaired) electrons. The third kappa shape index (κ3) is 2.72. The maximum absolute atomic E-state index is 12.6. The van der Waals surface area contributed by atoms with Gasteiger partial charge in [0.25, 0.3) is 5.91 Å². The number of nitrogens with zero attached hydrogens (tertiary/aromatic N) is 1. The van der Waals surface area contributed by atoms with E-state index in [9.17, 15) is 4.79 Å². The first kappa shape index (κ1) is 13.6. The summed E-state index contributed by atoms with van der Waals surface area (Å²) >= 11 is 0. The van der Waals surface area contributed by atoms with Gasteiger partial charge in [-0.05, 0) is 25.3 Å². The second kappa shape index (κ2) is 5.94. The average Bonchev–Trinajstić information content (AvgIpc) is 3.02. The SMILES string of the molecule is CC1CNC(c2ccccc2)CN1C(=O)C1CCCO1. The Morgan fingerprint density at radius 2 is 2.15 bits per heavy atom. The summed E-state index contributed by atoms with van der Waals surface area (Å²) in [6.45, 7) is 4.38. The van der Waals surface area contributed by atoms with Crippen LogP contribution in [-0.4, -0.2) is 42.6 Å². The Bertz CT molecular complexity index is 457. The van der Waals surface area contributed by atoms with Crippen LogP contribution in [0.25, 0.3) is 0 Å². The first-order valence-corrected chi connectivity index (χ1v) is 7.46. The fraction of sp³-hybridized carbons (Fsp3) is 0.562. The number of ether oxygens (including phenoxy) is 1. The topological polar surface area (TPSA) is 41.6 Å². The van der Waals surface area contributed by atoms with E-state index in [2.05, 4.69) is 24.4 Å². The largest absolute Gasteiger partial charge is 0.368 e. The molecule has 0 aromatic heterocycles. The standard InChI is InChI=1S/C16H22N2O2/c1-12-10-17-14(13-6-3-2-4-7-13)11-18(12)16(19)15-8-5-9-20-15/h2-4,6-7,12,14-15,17H,5,8-11H2,1H3. The van der Waals surface area contributed by atoms with E-state index in [4.69, 9.17) is 4.74 Å². The van der Waals surface area contributed by atoms with Gasteiger partial charge in [0, 0.05) is 31.8 Å². The third-order valence-corrected chi connectivity index (χ3v) is 4.26. The van der Waals surface area contributed by atoms with Crippen molar-refractivity contribution in [2.45, 2.75) is 38.0 Å². The Morgan fingerprint density at radius 3 is 2.85 bits per heavy atom. The van der Waals surface area contributed by atoms with Gasteiger partial charge in [-0.15, -0.1) is 0 Å². The van der Waals surface area contributed by atoms with Crippen LogP contribution in [-0.2, 0) is 9.53 Å². The highest BCUT2D eigenvalue weighted by atomic mass is 16.5. The number of benzene rings is 1. The van der Waals surface area contributed by atoms with Crippen molar-refractivity contribution in [3.05, 3.63) is 35.9 Å². The summed E-state index contributed by atoms with van der Waals surface area (Å²) in [5.74, 6) is 0.164. The highest BCUT2D eigenvalue weighted by molar-refractivity contribution is 5.81. The van der Waals surface area contributed by atoms with Gasteiger partial charge in [-0.2, -0.15) is 0 Å². The van der Waals surface area contributed by atoms with Crippen LogP contribution in [0.5, 0.6) is 0 Å². The number of carbonyl (C=O) groups excluding carboxylic acids is 1. The van der Waals surface area contributed by atoms with E-state index in [-0.39, 0.29) is 24.1 Å².